The SMILES string of the molecule is Cc1ccccc1CC(CCl)Cc1cc(F)ccc1Br. The van der Waals surface area contributed by atoms with Crippen molar-refractivity contribution >= 4 is 27.5 Å². The molecule has 0 heterocycles. The summed E-state index contributed by atoms with van der Waals surface area (Å²) in [4.78, 5) is 0. The molecule has 0 spiro atoms. The van der Waals surface area contributed by atoms with E-state index >= 15 is 0 Å². The van der Waals surface area contributed by atoms with Crippen molar-refractivity contribution in [1.82, 2.24) is 0 Å². The Labute approximate surface area is 133 Å². The van der Waals surface area contributed by atoms with Crippen LogP contribution < -0.4 is 0 Å². The first-order chi connectivity index (χ1) is 9.60. The minimum Gasteiger partial charge on any atom is -0.207 e. The summed E-state index contributed by atoms with van der Waals surface area (Å²) in [6.45, 7) is 2.11. The fourth-order valence-corrected chi connectivity index (χ4v) is 2.97. The van der Waals surface area contributed by atoms with Gasteiger partial charge in [-0.3, -0.25) is 0 Å². The molecule has 2 aromatic carbocycles. The number of hydrogen-bond acceptors (Lipinski definition) is 0. The largest absolute Gasteiger partial charge is 0.207 e. The van der Waals surface area contributed by atoms with Crippen molar-refractivity contribution in [2.75, 3.05) is 5.88 Å². The second-order valence-corrected chi connectivity index (χ2v) is 6.25. The van der Waals surface area contributed by atoms with Crippen molar-refractivity contribution < 1.29 is 4.39 Å². The number of benzene rings is 2. The first-order valence-electron chi connectivity index (χ1n) is 6.64. The van der Waals surface area contributed by atoms with Crippen molar-refractivity contribution in [2.45, 2.75) is 19.8 Å². The number of alkyl halides is 1. The molecule has 3 heteroatoms. The van der Waals surface area contributed by atoms with Crippen molar-refractivity contribution in [3.63, 3.8) is 0 Å². The summed E-state index contributed by atoms with van der Waals surface area (Å²) in [6, 6.07) is 13.1. The average Bonchev–Trinajstić information content (AvgIpc) is 2.44. The molecule has 0 radical (unpaired) electrons. The van der Waals surface area contributed by atoms with Crippen LogP contribution in [0, 0.1) is 18.7 Å². The second-order valence-electron chi connectivity index (χ2n) is 5.09. The molecule has 0 N–H and O–H groups in total. The number of aryl methyl sites for hydroxylation is 1. The van der Waals surface area contributed by atoms with E-state index in [9.17, 15) is 4.39 Å². The lowest BCUT2D eigenvalue weighted by Gasteiger charge is -2.16. The molecule has 0 nitrogen and oxygen atoms in total. The second kappa shape index (κ2) is 7.24. The topological polar surface area (TPSA) is 0 Å². The summed E-state index contributed by atoms with van der Waals surface area (Å²) in [5, 5.41) is 0. The molecule has 0 aliphatic heterocycles. The van der Waals surface area contributed by atoms with E-state index in [0.29, 0.717) is 11.8 Å². The lowest BCUT2D eigenvalue weighted by molar-refractivity contribution is 0.574. The third-order valence-electron chi connectivity index (χ3n) is 3.50. The molecule has 0 amide bonds. The summed E-state index contributed by atoms with van der Waals surface area (Å²) in [6.07, 6.45) is 1.69. The van der Waals surface area contributed by atoms with E-state index in [1.54, 1.807) is 12.1 Å². The molecule has 0 fully saturated rings. The summed E-state index contributed by atoms with van der Waals surface area (Å²) >= 11 is 9.58. The molecule has 0 saturated carbocycles. The van der Waals surface area contributed by atoms with Crippen LogP contribution in [-0.2, 0) is 12.8 Å². The van der Waals surface area contributed by atoms with Crippen LogP contribution >= 0.6 is 27.5 Å². The third-order valence-corrected chi connectivity index (χ3v) is 4.71. The van der Waals surface area contributed by atoms with E-state index in [-0.39, 0.29) is 5.82 Å². The number of rotatable bonds is 5. The number of hydrogen-bond donors (Lipinski definition) is 0. The quantitative estimate of drug-likeness (QED) is 0.618. The van der Waals surface area contributed by atoms with Gasteiger partial charge in [0.05, 0.1) is 0 Å². The maximum atomic E-state index is 13.3. The standard InChI is InChI=1S/C17H17BrClF/c1-12-4-2-3-5-14(12)8-13(11-19)9-15-10-16(20)6-7-17(15)18/h2-7,10,13H,8-9,11H2,1H3. The molecule has 106 valence electrons. The van der Waals surface area contributed by atoms with Gasteiger partial charge in [-0.15, -0.1) is 11.6 Å². The highest BCUT2D eigenvalue weighted by Gasteiger charge is 2.13. The van der Waals surface area contributed by atoms with Crippen molar-refractivity contribution in [3.8, 4) is 0 Å². The van der Waals surface area contributed by atoms with Gasteiger partial charge in [0, 0.05) is 10.4 Å². The van der Waals surface area contributed by atoms with Crippen molar-refractivity contribution in [2.24, 2.45) is 5.92 Å². The van der Waals surface area contributed by atoms with E-state index in [0.717, 1.165) is 22.9 Å². The summed E-state index contributed by atoms with van der Waals surface area (Å²) in [7, 11) is 0. The fourth-order valence-electron chi connectivity index (χ4n) is 2.34. The smallest absolute Gasteiger partial charge is 0.123 e. The molecule has 0 aliphatic rings. The molecule has 0 saturated heterocycles. The van der Waals surface area contributed by atoms with Crippen LogP contribution in [0.25, 0.3) is 0 Å². The Hall–Kier alpha value is -0.860. The highest BCUT2D eigenvalue weighted by molar-refractivity contribution is 9.10. The van der Waals surface area contributed by atoms with Gasteiger partial charge in [-0.05, 0) is 60.6 Å². The van der Waals surface area contributed by atoms with Crippen molar-refractivity contribution in [3.05, 3.63) is 69.4 Å². The Morgan fingerprint density at radius 3 is 2.50 bits per heavy atom. The van der Waals surface area contributed by atoms with Gasteiger partial charge >= 0.3 is 0 Å². The summed E-state index contributed by atoms with van der Waals surface area (Å²) in [5.41, 5.74) is 3.57. The zero-order valence-corrected chi connectivity index (χ0v) is 13.7. The van der Waals surface area contributed by atoms with Gasteiger partial charge in [-0.1, -0.05) is 40.2 Å². The molecular formula is C17H17BrClF. The Morgan fingerprint density at radius 2 is 1.80 bits per heavy atom. The molecule has 20 heavy (non-hydrogen) atoms. The van der Waals surface area contributed by atoms with Gasteiger partial charge in [-0.25, -0.2) is 4.39 Å². The normalized spacial score (nSPS) is 12.4. The molecule has 2 rings (SSSR count). The van der Waals surface area contributed by atoms with E-state index in [1.165, 1.54) is 17.2 Å². The minimum atomic E-state index is -0.201. The zero-order valence-electron chi connectivity index (χ0n) is 11.4. The van der Waals surface area contributed by atoms with Crippen LogP contribution in [0.2, 0.25) is 0 Å². The predicted octanol–water partition coefficient (Wildman–Crippen LogP) is 5.54. The van der Waals surface area contributed by atoms with Crippen LogP contribution in [0.15, 0.2) is 46.9 Å². The molecular weight excluding hydrogens is 339 g/mol. The highest BCUT2D eigenvalue weighted by Crippen LogP contribution is 2.24. The van der Waals surface area contributed by atoms with E-state index in [2.05, 4.69) is 35.0 Å². The van der Waals surface area contributed by atoms with E-state index in [1.807, 2.05) is 12.1 Å². The van der Waals surface area contributed by atoms with Crippen LogP contribution in [-0.4, -0.2) is 5.88 Å². The first kappa shape index (κ1) is 15.5. The summed E-state index contributed by atoms with van der Waals surface area (Å²) < 4.78 is 14.3. The molecule has 0 aromatic heterocycles. The van der Waals surface area contributed by atoms with Crippen LogP contribution in [0.3, 0.4) is 0 Å². The van der Waals surface area contributed by atoms with Crippen LogP contribution in [0.4, 0.5) is 4.39 Å². The Balaban J connectivity index is 2.13. The van der Waals surface area contributed by atoms with Gasteiger partial charge in [0.15, 0.2) is 0 Å². The molecule has 0 bridgehead atoms. The Bertz CT molecular complexity index is 583. The summed E-state index contributed by atoms with van der Waals surface area (Å²) in [5.74, 6) is 0.667. The van der Waals surface area contributed by atoms with E-state index < -0.39 is 0 Å². The third kappa shape index (κ3) is 4.07. The van der Waals surface area contributed by atoms with E-state index in [4.69, 9.17) is 11.6 Å². The maximum absolute atomic E-state index is 13.3. The highest BCUT2D eigenvalue weighted by atomic mass is 79.9. The lowest BCUT2D eigenvalue weighted by Crippen LogP contribution is -2.11. The fraction of sp³-hybridized carbons (Fsp3) is 0.294. The predicted molar refractivity (Wildman–Crippen MR) is 86.9 cm³/mol. The Kier molecular flexibility index (Phi) is 5.62. The molecule has 1 unspecified atom stereocenters. The Morgan fingerprint density at radius 1 is 1.10 bits per heavy atom. The van der Waals surface area contributed by atoms with Gasteiger partial charge in [0.1, 0.15) is 5.82 Å². The average molecular weight is 356 g/mol. The van der Waals surface area contributed by atoms with Crippen LogP contribution in [0.5, 0.6) is 0 Å². The maximum Gasteiger partial charge on any atom is 0.123 e. The zero-order chi connectivity index (χ0) is 14.5. The monoisotopic (exact) mass is 354 g/mol. The minimum absolute atomic E-state index is 0.201. The van der Waals surface area contributed by atoms with Crippen molar-refractivity contribution in [1.29, 1.82) is 0 Å². The molecule has 0 aliphatic carbocycles. The van der Waals surface area contributed by atoms with Gasteiger partial charge in [0.25, 0.3) is 0 Å². The van der Waals surface area contributed by atoms with Gasteiger partial charge < -0.3 is 0 Å². The lowest BCUT2D eigenvalue weighted by atomic mass is 9.92. The van der Waals surface area contributed by atoms with Gasteiger partial charge in [-0.2, -0.15) is 0 Å². The van der Waals surface area contributed by atoms with Gasteiger partial charge in [0.2, 0.25) is 0 Å². The number of halogens is 3. The van der Waals surface area contributed by atoms with Crippen LogP contribution in [0.1, 0.15) is 16.7 Å². The molecule has 2 aromatic rings. The first-order valence-corrected chi connectivity index (χ1v) is 7.97. The molecule has 1 atom stereocenters.